The number of rotatable bonds is 5. The number of carbonyl (C=O) groups excluding carboxylic acids is 1. The van der Waals surface area contributed by atoms with Crippen LogP contribution in [0.1, 0.15) is 32.0 Å². The molecular formula is C28H29ClFN9O. The van der Waals surface area contributed by atoms with E-state index in [1.165, 1.54) is 17.1 Å². The fourth-order valence-electron chi connectivity index (χ4n) is 4.26. The Morgan fingerprint density at radius 3 is 2.48 bits per heavy atom. The molecule has 0 bridgehead atoms. The van der Waals surface area contributed by atoms with Crippen molar-refractivity contribution < 1.29 is 9.18 Å². The summed E-state index contributed by atoms with van der Waals surface area (Å²) in [6.07, 6.45) is 1.48. The summed E-state index contributed by atoms with van der Waals surface area (Å²) in [6.45, 7) is 7.72. The second-order valence-corrected chi connectivity index (χ2v) is 10.8. The Kier molecular flexibility index (Phi) is 6.92. The summed E-state index contributed by atoms with van der Waals surface area (Å²) < 4.78 is 17.5. The van der Waals surface area contributed by atoms with Gasteiger partial charge >= 0.3 is 6.03 Å². The van der Waals surface area contributed by atoms with Gasteiger partial charge in [0.15, 0.2) is 5.65 Å². The summed E-state index contributed by atoms with van der Waals surface area (Å²) in [5.41, 5.74) is 3.91. The van der Waals surface area contributed by atoms with Gasteiger partial charge in [-0.2, -0.15) is 10.2 Å². The molecule has 0 aliphatic rings. The maximum absolute atomic E-state index is 14.3. The number of hydrogen-bond donors (Lipinski definition) is 3. The molecule has 0 fully saturated rings. The fraction of sp³-hybridized carbons (Fsp3) is 0.250. The van der Waals surface area contributed by atoms with Gasteiger partial charge in [-0.15, -0.1) is 0 Å². The third-order valence-electron chi connectivity index (χ3n) is 6.47. The zero-order valence-electron chi connectivity index (χ0n) is 23.0. The highest BCUT2D eigenvalue weighted by molar-refractivity contribution is 6.34. The van der Waals surface area contributed by atoms with Gasteiger partial charge in [-0.1, -0.05) is 44.5 Å². The van der Waals surface area contributed by atoms with Crippen molar-refractivity contribution in [2.45, 2.75) is 33.1 Å². The van der Waals surface area contributed by atoms with Crippen LogP contribution in [0.5, 0.6) is 0 Å². The molecule has 5 rings (SSSR count). The maximum atomic E-state index is 14.3. The van der Waals surface area contributed by atoms with Crippen molar-refractivity contribution in [2.75, 3.05) is 23.0 Å². The minimum absolute atomic E-state index is 0.297. The number of anilines is 3. The van der Waals surface area contributed by atoms with Crippen LogP contribution in [0.25, 0.3) is 28.0 Å². The second-order valence-electron chi connectivity index (χ2n) is 10.4. The van der Waals surface area contributed by atoms with Crippen molar-refractivity contribution in [1.82, 2.24) is 29.5 Å². The van der Waals surface area contributed by atoms with E-state index in [1.54, 1.807) is 56.0 Å². The quantitative estimate of drug-likeness (QED) is 0.232. The van der Waals surface area contributed by atoms with E-state index in [2.05, 4.69) is 36.1 Å². The van der Waals surface area contributed by atoms with E-state index >= 15 is 0 Å². The molecular weight excluding hydrogens is 533 g/mol. The summed E-state index contributed by atoms with van der Waals surface area (Å²) >= 11 is 6.60. The van der Waals surface area contributed by atoms with Gasteiger partial charge in [0.05, 0.1) is 27.5 Å². The highest BCUT2D eigenvalue weighted by atomic mass is 35.5. The van der Waals surface area contributed by atoms with Crippen LogP contribution in [-0.4, -0.2) is 42.6 Å². The van der Waals surface area contributed by atoms with Gasteiger partial charge in [0, 0.05) is 31.1 Å². The van der Waals surface area contributed by atoms with Gasteiger partial charge in [-0.25, -0.2) is 28.5 Å². The van der Waals surface area contributed by atoms with E-state index in [-0.39, 0.29) is 11.2 Å². The molecule has 2 amide bonds. The van der Waals surface area contributed by atoms with Crippen molar-refractivity contribution in [3.63, 3.8) is 0 Å². The highest BCUT2D eigenvalue weighted by Gasteiger charge is 2.22. The standard InChI is InChI=1S/C28H29ClFN9O/c1-15-7-9-17(12-19(15)30)39-22(13-21(36-39)28(2,3)4)35-27(40)34-20-10-8-16(11-18(20)29)24-23-25(31-5)32-14-33-26(23)38(6)37-24/h7-14H,1-6H3,(H,31,32,33)(H2,34,35,40). The van der Waals surface area contributed by atoms with E-state index < -0.39 is 6.03 Å². The van der Waals surface area contributed by atoms with Crippen LogP contribution in [0, 0.1) is 12.7 Å². The van der Waals surface area contributed by atoms with Crippen molar-refractivity contribution >= 4 is 46.0 Å². The monoisotopic (exact) mass is 561 g/mol. The van der Waals surface area contributed by atoms with Crippen LogP contribution in [0.4, 0.5) is 26.5 Å². The number of nitrogens with one attached hydrogen (secondary N) is 3. The van der Waals surface area contributed by atoms with Gasteiger partial charge in [0.2, 0.25) is 0 Å². The van der Waals surface area contributed by atoms with E-state index in [0.29, 0.717) is 44.9 Å². The average Bonchev–Trinajstić information content (AvgIpc) is 3.48. The molecule has 3 N–H and O–H groups in total. The Morgan fingerprint density at radius 1 is 1.02 bits per heavy atom. The SMILES string of the molecule is CNc1ncnc2c1c(-c1ccc(NC(=O)Nc3cc(C(C)(C)C)nn3-c3ccc(C)c(F)c3)c(Cl)c1)nn2C. The number of aryl methyl sites for hydroxylation is 2. The number of urea groups is 1. The van der Waals surface area contributed by atoms with E-state index in [1.807, 2.05) is 26.8 Å². The molecule has 0 spiro atoms. The van der Waals surface area contributed by atoms with E-state index in [9.17, 15) is 9.18 Å². The maximum Gasteiger partial charge on any atom is 0.324 e. The predicted octanol–water partition coefficient (Wildman–Crippen LogP) is 6.30. The Bertz CT molecular complexity index is 1750. The number of nitrogens with zero attached hydrogens (tertiary/aromatic N) is 6. The molecule has 2 aromatic carbocycles. The van der Waals surface area contributed by atoms with Crippen molar-refractivity contribution in [3.05, 3.63) is 70.9 Å². The molecule has 40 heavy (non-hydrogen) atoms. The zero-order chi connectivity index (χ0) is 28.8. The molecule has 0 saturated heterocycles. The molecule has 0 radical (unpaired) electrons. The van der Waals surface area contributed by atoms with E-state index in [0.717, 1.165) is 16.6 Å². The molecule has 12 heteroatoms. The van der Waals surface area contributed by atoms with Crippen molar-refractivity contribution in [3.8, 4) is 16.9 Å². The smallest absolute Gasteiger partial charge is 0.324 e. The topological polar surface area (TPSA) is 115 Å². The summed E-state index contributed by atoms with van der Waals surface area (Å²) in [5, 5.41) is 19.0. The normalized spacial score (nSPS) is 11.6. The van der Waals surface area contributed by atoms with Gasteiger partial charge in [-0.3, -0.25) is 5.32 Å². The minimum Gasteiger partial charge on any atom is -0.372 e. The van der Waals surface area contributed by atoms with Gasteiger partial charge in [-0.05, 0) is 36.8 Å². The number of halogens is 2. The van der Waals surface area contributed by atoms with Gasteiger partial charge < -0.3 is 10.6 Å². The largest absolute Gasteiger partial charge is 0.372 e. The first-order valence-electron chi connectivity index (χ1n) is 12.6. The van der Waals surface area contributed by atoms with E-state index in [4.69, 9.17) is 11.6 Å². The lowest BCUT2D eigenvalue weighted by Crippen LogP contribution is -2.21. The second kappa shape index (κ2) is 10.2. The molecule has 5 aromatic rings. The molecule has 0 aliphatic carbocycles. The molecule has 0 aliphatic heterocycles. The zero-order valence-corrected chi connectivity index (χ0v) is 23.7. The first-order chi connectivity index (χ1) is 19.0. The van der Waals surface area contributed by atoms with Crippen LogP contribution in [0.15, 0.2) is 48.8 Å². The summed E-state index contributed by atoms with van der Waals surface area (Å²) in [4.78, 5) is 21.7. The summed E-state index contributed by atoms with van der Waals surface area (Å²) in [6, 6.07) is 11.3. The third-order valence-corrected chi connectivity index (χ3v) is 6.78. The molecule has 0 atom stereocenters. The summed E-state index contributed by atoms with van der Waals surface area (Å²) in [7, 11) is 3.59. The average molecular weight is 562 g/mol. The van der Waals surface area contributed by atoms with Crippen LogP contribution < -0.4 is 16.0 Å². The van der Waals surface area contributed by atoms with Gasteiger partial charge in [0.25, 0.3) is 0 Å². The van der Waals surface area contributed by atoms with Crippen LogP contribution in [0.3, 0.4) is 0 Å². The first-order valence-corrected chi connectivity index (χ1v) is 12.9. The highest BCUT2D eigenvalue weighted by Crippen LogP contribution is 2.34. The van der Waals surface area contributed by atoms with Crippen LogP contribution in [-0.2, 0) is 12.5 Å². The van der Waals surface area contributed by atoms with Crippen molar-refractivity contribution in [1.29, 1.82) is 0 Å². The number of hydrogen-bond acceptors (Lipinski definition) is 6. The number of benzene rings is 2. The molecule has 3 aromatic heterocycles. The molecule has 206 valence electrons. The lowest BCUT2D eigenvalue weighted by molar-refractivity contribution is 0.262. The third kappa shape index (κ3) is 5.07. The lowest BCUT2D eigenvalue weighted by atomic mass is 9.92. The predicted molar refractivity (Wildman–Crippen MR) is 156 cm³/mol. The minimum atomic E-state index is -0.530. The molecule has 0 saturated carbocycles. The Balaban J connectivity index is 1.42. The number of aromatic nitrogens is 6. The number of amides is 2. The number of carbonyl (C=O) groups is 1. The summed E-state index contributed by atoms with van der Waals surface area (Å²) in [5.74, 6) is 0.671. The van der Waals surface area contributed by atoms with Crippen molar-refractivity contribution in [2.24, 2.45) is 7.05 Å². The van der Waals surface area contributed by atoms with Gasteiger partial charge in [0.1, 0.15) is 29.5 Å². The lowest BCUT2D eigenvalue weighted by Gasteiger charge is -2.14. The Labute approximate surface area is 235 Å². The number of fused-ring (bicyclic) bond motifs is 1. The first kappa shape index (κ1) is 27.1. The molecule has 10 nitrogen and oxygen atoms in total. The molecule has 0 unspecified atom stereocenters. The Hall–Kier alpha value is -4.51. The van der Waals surface area contributed by atoms with Crippen LogP contribution in [0.2, 0.25) is 5.02 Å². The molecule has 3 heterocycles. The fourth-order valence-corrected chi connectivity index (χ4v) is 4.49. The van der Waals surface area contributed by atoms with Crippen LogP contribution >= 0.6 is 11.6 Å². The Morgan fingerprint density at radius 2 is 1.80 bits per heavy atom.